The van der Waals surface area contributed by atoms with Crippen molar-refractivity contribution >= 4 is 66.3 Å². The van der Waals surface area contributed by atoms with Crippen LogP contribution >= 0.6 is 31.9 Å². The van der Waals surface area contributed by atoms with Gasteiger partial charge in [-0.1, -0.05) is 0 Å². The first-order chi connectivity index (χ1) is 18.2. The van der Waals surface area contributed by atoms with Gasteiger partial charge in [0, 0.05) is 30.8 Å². The van der Waals surface area contributed by atoms with Crippen molar-refractivity contribution < 1.29 is 76.3 Å². The normalized spacial score (nSPS) is 14.1. The molecule has 40 heavy (non-hydrogen) atoms. The van der Waals surface area contributed by atoms with E-state index in [2.05, 4.69) is 31.9 Å². The summed E-state index contributed by atoms with van der Waals surface area (Å²) in [4.78, 5) is 56.9. The van der Waals surface area contributed by atoms with Crippen LogP contribution in [-0.2, 0) is 27.2 Å². The number of amides is 4. The highest BCUT2D eigenvalue weighted by atomic mass is 127. The maximum atomic E-state index is 13.6. The molecule has 0 atom stereocenters. The Balaban J connectivity index is 0.00000185. The van der Waals surface area contributed by atoms with E-state index in [0.717, 1.165) is 0 Å². The zero-order valence-electron chi connectivity index (χ0n) is 21.3. The second-order valence-corrected chi connectivity index (χ2v) is 11.2. The van der Waals surface area contributed by atoms with Crippen LogP contribution in [0.15, 0.2) is 58.5 Å². The van der Waals surface area contributed by atoms with Crippen molar-refractivity contribution in [2.45, 2.75) is 13.1 Å². The molecule has 14 heteroatoms. The molecule has 10 nitrogen and oxygen atoms in total. The summed E-state index contributed by atoms with van der Waals surface area (Å²) in [5.41, 5.74) is 1.11. The van der Waals surface area contributed by atoms with E-state index in [1.807, 2.05) is 69.8 Å². The molecule has 2 aromatic carbocycles. The SMILES string of the molecule is C[n+]1ccn(CCN2C(=O)c3cc(Br)c4c5c(cc(Br)c(c35)C2=O)C(=O)N(CCn2cc[n+](C)c2)C4=O)c1.[I-].[I-]. The zero-order valence-corrected chi connectivity index (χ0v) is 28.8. The Morgan fingerprint density at radius 1 is 0.625 bits per heavy atom. The number of imidazole rings is 2. The summed E-state index contributed by atoms with van der Waals surface area (Å²) < 4.78 is 8.35. The molecule has 0 saturated heterocycles. The van der Waals surface area contributed by atoms with Gasteiger partial charge in [0.1, 0.15) is 37.9 Å². The third-order valence-electron chi connectivity index (χ3n) is 6.99. The predicted octanol–water partition coefficient (Wildman–Crippen LogP) is -3.78. The average Bonchev–Trinajstić information content (AvgIpc) is 3.48. The second kappa shape index (κ2) is 11.6. The summed E-state index contributed by atoms with van der Waals surface area (Å²) in [5, 5.41) is 0.676. The molecule has 0 aliphatic carbocycles. The zero-order chi connectivity index (χ0) is 26.9. The average molecular weight is 896 g/mol. The van der Waals surface area contributed by atoms with Gasteiger partial charge in [-0.25, -0.2) is 18.3 Å². The molecule has 0 saturated carbocycles. The lowest BCUT2D eigenvalue weighted by molar-refractivity contribution is -0.671. The fourth-order valence-electron chi connectivity index (χ4n) is 5.18. The van der Waals surface area contributed by atoms with Crippen LogP contribution in [0.1, 0.15) is 41.4 Å². The van der Waals surface area contributed by atoms with Gasteiger partial charge in [-0.3, -0.25) is 29.0 Å². The number of carbonyl (C=O) groups is 4. The minimum atomic E-state index is -0.464. The van der Waals surface area contributed by atoms with E-state index >= 15 is 0 Å². The lowest BCUT2D eigenvalue weighted by Crippen LogP contribution is -3.00. The summed E-state index contributed by atoms with van der Waals surface area (Å²) in [6, 6.07) is 3.18. The highest BCUT2D eigenvalue weighted by Crippen LogP contribution is 2.43. The van der Waals surface area contributed by atoms with Gasteiger partial charge in [0.05, 0.1) is 38.3 Å². The smallest absolute Gasteiger partial charge is 0.262 e. The summed E-state index contributed by atoms with van der Waals surface area (Å²) >= 11 is 6.98. The van der Waals surface area contributed by atoms with Gasteiger partial charge in [0.25, 0.3) is 23.6 Å². The number of benzene rings is 2. The van der Waals surface area contributed by atoms with Crippen molar-refractivity contribution in [3.8, 4) is 0 Å². The molecular formula is C26H22Br2I2N6O4. The van der Waals surface area contributed by atoms with Gasteiger partial charge < -0.3 is 48.0 Å². The maximum absolute atomic E-state index is 13.6. The Morgan fingerprint density at radius 2 is 1.00 bits per heavy atom. The van der Waals surface area contributed by atoms with Crippen LogP contribution in [0, 0.1) is 0 Å². The molecule has 0 bridgehead atoms. The molecule has 4 amide bonds. The molecule has 0 unspecified atom stereocenters. The number of imide groups is 2. The second-order valence-electron chi connectivity index (χ2n) is 9.47. The van der Waals surface area contributed by atoms with Gasteiger partial charge in [0.2, 0.25) is 12.7 Å². The van der Waals surface area contributed by atoms with Crippen LogP contribution < -0.4 is 57.1 Å². The Morgan fingerprint density at radius 3 is 1.32 bits per heavy atom. The molecule has 4 heterocycles. The Hall–Kier alpha value is -2.18. The molecule has 0 spiro atoms. The van der Waals surface area contributed by atoms with Gasteiger partial charge in [0.15, 0.2) is 0 Å². The van der Waals surface area contributed by atoms with Gasteiger partial charge in [-0.2, -0.15) is 0 Å². The first-order valence-corrected chi connectivity index (χ1v) is 13.5. The van der Waals surface area contributed by atoms with E-state index in [0.29, 0.717) is 32.8 Å². The summed E-state index contributed by atoms with van der Waals surface area (Å²) in [7, 11) is 3.78. The third kappa shape index (κ3) is 4.93. The number of aryl methyl sites for hydroxylation is 2. The number of hydrogen-bond donors (Lipinski definition) is 0. The summed E-state index contributed by atoms with van der Waals surface area (Å²) in [6.45, 7) is 1.20. The maximum Gasteiger partial charge on any atom is 0.262 e. The predicted molar refractivity (Wildman–Crippen MR) is 141 cm³/mol. The Kier molecular flexibility index (Phi) is 8.92. The monoisotopic (exact) mass is 894 g/mol. The van der Waals surface area contributed by atoms with Crippen molar-refractivity contribution in [1.29, 1.82) is 0 Å². The molecule has 0 fully saturated rings. The van der Waals surface area contributed by atoms with E-state index in [4.69, 9.17) is 0 Å². The molecule has 4 aromatic rings. The Bertz CT molecular complexity index is 1610. The summed E-state index contributed by atoms with van der Waals surface area (Å²) in [5.74, 6) is -1.85. The number of carbonyl (C=O) groups excluding carboxylic acids is 4. The topological polar surface area (TPSA) is 92.4 Å². The molecule has 2 aromatic heterocycles. The molecule has 208 valence electrons. The largest absolute Gasteiger partial charge is 1.00 e. The van der Waals surface area contributed by atoms with Crippen LogP contribution in [0.25, 0.3) is 10.8 Å². The first-order valence-electron chi connectivity index (χ1n) is 11.9. The van der Waals surface area contributed by atoms with Gasteiger partial charge >= 0.3 is 0 Å². The highest BCUT2D eigenvalue weighted by molar-refractivity contribution is 9.10. The van der Waals surface area contributed by atoms with Crippen LogP contribution in [0.4, 0.5) is 0 Å². The first kappa shape index (κ1) is 30.8. The highest BCUT2D eigenvalue weighted by Gasteiger charge is 2.42. The fourth-order valence-corrected chi connectivity index (χ4v) is 6.37. The quantitative estimate of drug-likeness (QED) is 0.113. The number of aromatic nitrogens is 4. The minimum Gasteiger partial charge on any atom is -1.00 e. The van der Waals surface area contributed by atoms with Crippen molar-refractivity contribution in [2.75, 3.05) is 13.1 Å². The van der Waals surface area contributed by atoms with Crippen molar-refractivity contribution in [1.82, 2.24) is 18.9 Å². The van der Waals surface area contributed by atoms with Crippen molar-refractivity contribution in [3.05, 3.63) is 80.8 Å². The molecule has 6 rings (SSSR count). The molecular weight excluding hydrogens is 874 g/mol. The Labute approximate surface area is 280 Å². The van der Waals surface area contributed by atoms with E-state index in [1.54, 1.807) is 12.1 Å². The van der Waals surface area contributed by atoms with Crippen molar-refractivity contribution in [2.24, 2.45) is 14.1 Å². The standard InChI is InChI=1S/C26H22Br2N6O4.2HI/c1-29-3-5-31(13-29)7-9-33-23(35)15-11-18(28)22-20-16(12-17(27)21(19(15)20)25(33)37)24(36)34(26(22)38)10-8-32-6-4-30(2)14-32;;/h3-6,11-14H,7-10H2,1-2H3;2*1H/q+2;;/p-2. The number of nitrogens with zero attached hydrogens (tertiary/aromatic N) is 6. The number of hydrogen-bond acceptors (Lipinski definition) is 4. The van der Waals surface area contributed by atoms with E-state index in [-0.39, 0.29) is 83.3 Å². The minimum absolute atomic E-state index is 0. The van der Waals surface area contributed by atoms with Gasteiger partial charge in [-0.15, -0.1) is 0 Å². The van der Waals surface area contributed by atoms with E-state index in [9.17, 15) is 19.2 Å². The molecule has 2 aliphatic rings. The van der Waals surface area contributed by atoms with Crippen LogP contribution in [0.2, 0.25) is 0 Å². The molecule has 0 N–H and O–H groups in total. The third-order valence-corrected chi connectivity index (χ3v) is 8.24. The van der Waals surface area contributed by atoms with E-state index in [1.165, 1.54) is 9.80 Å². The van der Waals surface area contributed by atoms with Crippen LogP contribution in [-0.4, -0.2) is 55.7 Å². The molecule has 0 radical (unpaired) electrons. The summed E-state index contributed by atoms with van der Waals surface area (Å²) in [6.07, 6.45) is 11.2. The fraction of sp³-hybridized carbons (Fsp3) is 0.231. The lowest BCUT2D eigenvalue weighted by atomic mass is 9.86. The number of rotatable bonds is 6. The molecule has 2 aliphatic heterocycles. The van der Waals surface area contributed by atoms with Gasteiger partial charge in [-0.05, 0) is 44.0 Å². The van der Waals surface area contributed by atoms with Crippen LogP contribution in [0.3, 0.4) is 0 Å². The van der Waals surface area contributed by atoms with E-state index < -0.39 is 23.6 Å². The lowest BCUT2D eigenvalue weighted by Gasteiger charge is -2.32. The van der Waals surface area contributed by atoms with Crippen molar-refractivity contribution in [3.63, 3.8) is 0 Å². The van der Waals surface area contributed by atoms with Crippen LogP contribution in [0.5, 0.6) is 0 Å². The number of halogens is 4.